The SMILES string of the molecule is CCSCCCNCCC(C)Cl. The van der Waals surface area contributed by atoms with Gasteiger partial charge in [-0.3, -0.25) is 0 Å². The number of halogens is 1. The molecule has 3 heteroatoms. The first-order valence-corrected chi connectivity index (χ1v) is 6.29. The average molecular weight is 210 g/mol. The van der Waals surface area contributed by atoms with Crippen LogP contribution in [0.4, 0.5) is 0 Å². The van der Waals surface area contributed by atoms with Gasteiger partial charge in [0.05, 0.1) is 0 Å². The summed E-state index contributed by atoms with van der Waals surface area (Å²) in [6.45, 7) is 6.43. The molecular formula is C9H20ClNS. The molecule has 1 atom stereocenters. The van der Waals surface area contributed by atoms with Crippen molar-refractivity contribution in [3.8, 4) is 0 Å². The molecule has 0 aromatic carbocycles. The molecule has 0 bridgehead atoms. The van der Waals surface area contributed by atoms with Crippen LogP contribution in [0.1, 0.15) is 26.7 Å². The fraction of sp³-hybridized carbons (Fsp3) is 1.00. The molecule has 0 fully saturated rings. The van der Waals surface area contributed by atoms with Gasteiger partial charge in [0.2, 0.25) is 0 Å². The van der Waals surface area contributed by atoms with Crippen LogP contribution in [-0.4, -0.2) is 30.0 Å². The standard InChI is InChI=1S/C9H20ClNS/c1-3-12-8-4-6-11-7-5-9(2)10/h9,11H,3-8H2,1-2H3. The van der Waals surface area contributed by atoms with Crippen molar-refractivity contribution in [2.75, 3.05) is 24.6 Å². The van der Waals surface area contributed by atoms with E-state index in [2.05, 4.69) is 12.2 Å². The highest BCUT2D eigenvalue weighted by Gasteiger charge is 1.94. The van der Waals surface area contributed by atoms with Crippen LogP contribution in [0, 0.1) is 0 Å². The van der Waals surface area contributed by atoms with Crippen LogP contribution in [0.15, 0.2) is 0 Å². The molecule has 12 heavy (non-hydrogen) atoms. The molecule has 1 unspecified atom stereocenters. The second-order valence-corrected chi connectivity index (χ2v) is 5.01. The molecule has 0 rings (SSSR count). The Bertz CT molecular complexity index is 88.6. The summed E-state index contributed by atoms with van der Waals surface area (Å²) in [5.41, 5.74) is 0. The van der Waals surface area contributed by atoms with Crippen molar-refractivity contribution in [3.63, 3.8) is 0 Å². The molecule has 0 radical (unpaired) electrons. The quantitative estimate of drug-likeness (QED) is 0.488. The highest BCUT2D eigenvalue weighted by Crippen LogP contribution is 2.00. The molecule has 0 amide bonds. The van der Waals surface area contributed by atoms with Crippen LogP contribution in [0.25, 0.3) is 0 Å². The lowest BCUT2D eigenvalue weighted by Crippen LogP contribution is -2.19. The zero-order valence-electron chi connectivity index (χ0n) is 8.11. The predicted molar refractivity (Wildman–Crippen MR) is 60.4 cm³/mol. The van der Waals surface area contributed by atoms with Gasteiger partial charge in [-0.05, 0) is 44.4 Å². The second kappa shape index (κ2) is 9.69. The van der Waals surface area contributed by atoms with Gasteiger partial charge in [0.15, 0.2) is 0 Å². The summed E-state index contributed by atoms with van der Waals surface area (Å²) < 4.78 is 0. The highest BCUT2D eigenvalue weighted by atomic mass is 35.5. The molecule has 0 aliphatic carbocycles. The van der Waals surface area contributed by atoms with Crippen LogP contribution in [0.3, 0.4) is 0 Å². The van der Waals surface area contributed by atoms with E-state index in [0.29, 0.717) is 5.38 Å². The van der Waals surface area contributed by atoms with E-state index in [1.54, 1.807) is 0 Å². The molecule has 0 aromatic rings. The maximum absolute atomic E-state index is 5.80. The Morgan fingerprint density at radius 3 is 2.75 bits per heavy atom. The summed E-state index contributed by atoms with van der Waals surface area (Å²) in [7, 11) is 0. The summed E-state index contributed by atoms with van der Waals surface area (Å²) in [6.07, 6.45) is 2.34. The minimum absolute atomic E-state index is 0.308. The summed E-state index contributed by atoms with van der Waals surface area (Å²) in [6, 6.07) is 0. The minimum atomic E-state index is 0.308. The maximum atomic E-state index is 5.80. The summed E-state index contributed by atoms with van der Waals surface area (Å²) >= 11 is 7.80. The van der Waals surface area contributed by atoms with Gasteiger partial charge < -0.3 is 5.32 Å². The monoisotopic (exact) mass is 209 g/mol. The smallest absolute Gasteiger partial charge is 0.0319 e. The molecule has 0 aliphatic rings. The van der Waals surface area contributed by atoms with Crippen molar-refractivity contribution in [1.29, 1.82) is 0 Å². The first-order valence-electron chi connectivity index (χ1n) is 4.70. The molecule has 0 aliphatic heterocycles. The Hall–Kier alpha value is 0.600. The van der Waals surface area contributed by atoms with Gasteiger partial charge in [-0.2, -0.15) is 11.8 Å². The third-order valence-corrected chi connectivity index (χ3v) is 2.77. The minimum Gasteiger partial charge on any atom is -0.317 e. The Kier molecular flexibility index (Phi) is 10.2. The van der Waals surface area contributed by atoms with Gasteiger partial charge in [-0.1, -0.05) is 6.92 Å². The molecule has 0 spiro atoms. The first kappa shape index (κ1) is 12.6. The maximum Gasteiger partial charge on any atom is 0.0319 e. The molecular weight excluding hydrogens is 190 g/mol. The van der Waals surface area contributed by atoms with Crippen molar-refractivity contribution in [2.45, 2.75) is 32.1 Å². The molecule has 0 saturated heterocycles. The van der Waals surface area contributed by atoms with Crippen molar-refractivity contribution in [2.24, 2.45) is 0 Å². The number of rotatable bonds is 8. The van der Waals surface area contributed by atoms with E-state index in [-0.39, 0.29) is 0 Å². The van der Waals surface area contributed by atoms with Gasteiger partial charge in [-0.25, -0.2) is 0 Å². The van der Waals surface area contributed by atoms with E-state index >= 15 is 0 Å². The van der Waals surface area contributed by atoms with Crippen LogP contribution in [0.2, 0.25) is 0 Å². The summed E-state index contributed by atoms with van der Waals surface area (Å²) in [4.78, 5) is 0. The van der Waals surface area contributed by atoms with E-state index in [9.17, 15) is 0 Å². The lowest BCUT2D eigenvalue weighted by Gasteiger charge is -2.04. The van der Waals surface area contributed by atoms with E-state index in [4.69, 9.17) is 11.6 Å². The largest absolute Gasteiger partial charge is 0.317 e. The molecule has 0 heterocycles. The van der Waals surface area contributed by atoms with Crippen molar-refractivity contribution >= 4 is 23.4 Å². The van der Waals surface area contributed by atoms with E-state index in [1.807, 2.05) is 18.7 Å². The van der Waals surface area contributed by atoms with Crippen molar-refractivity contribution < 1.29 is 0 Å². The van der Waals surface area contributed by atoms with E-state index < -0.39 is 0 Å². The number of hydrogen-bond acceptors (Lipinski definition) is 2. The number of nitrogens with one attached hydrogen (secondary N) is 1. The molecule has 1 N–H and O–H groups in total. The van der Waals surface area contributed by atoms with Gasteiger partial charge in [-0.15, -0.1) is 11.6 Å². The van der Waals surface area contributed by atoms with E-state index in [0.717, 1.165) is 19.5 Å². The zero-order valence-corrected chi connectivity index (χ0v) is 9.68. The van der Waals surface area contributed by atoms with Gasteiger partial charge in [0.1, 0.15) is 0 Å². The van der Waals surface area contributed by atoms with Crippen molar-refractivity contribution in [3.05, 3.63) is 0 Å². The molecule has 74 valence electrons. The van der Waals surface area contributed by atoms with Crippen LogP contribution < -0.4 is 5.32 Å². The van der Waals surface area contributed by atoms with Crippen LogP contribution >= 0.6 is 23.4 Å². The summed E-state index contributed by atoms with van der Waals surface area (Å²) in [5, 5.41) is 3.69. The Morgan fingerprint density at radius 2 is 2.17 bits per heavy atom. The fourth-order valence-electron chi connectivity index (χ4n) is 0.870. The third-order valence-electron chi connectivity index (χ3n) is 1.57. The number of thioether (sulfide) groups is 1. The Morgan fingerprint density at radius 1 is 1.42 bits per heavy atom. The zero-order chi connectivity index (χ0) is 9.23. The normalized spacial score (nSPS) is 13.2. The fourth-order valence-corrected chi connectivity index (χ4v) is 1.62. The van der Waals surface area contributed by atoms with Gasteiger partial charge in [0.25, 0.3) is 0 Å². The predicted octanol–water partition coefficient (Wildman–Crippen LogP) is 2.74. The summed E-state index contributed by atoms with van der Waals surface area (Å²) in [5.74, 6) is 2.51. The van der Waals surface area contributed by atoms with Crippen molar-refractivity contribution in [1.82, 2.24) is 5.32 Å². The van der Waals surface area contributed by atoms with Gasteiger partial charge >= 0.3 is 0 Å². The Balaban J connectivity index is 2.82. The van der Waals surface area contributed by atoms with E-state index in [1.165, 1.54) is 17.9 Å². The number of alkyl halides is 1. The third kappa shape index (κ3) is 10.6. The topological polar surface area (TPSA) is 12.0 Å². The lowest BCUT2D eigenvalue weighted by molar-refractivity contribution is 0.638. The lowest BCUT2D eigenvalue weighted by atomic mass is 10.3. The first-order chi connectivity index (χ1) is 5.77. The molecule has 1 nitrogen and oxygen atoms in total. The highest BCUT2D eigenvalue weighted by molar-refractivity contribution is 7.99. The average Bonchev–Trinajstić information content (AvgIpc) is 2.02. The van der Waals surface area contributed by atoms with Crippen LogP contribution in [-0.2, 0) is 0 Å². The molecule has 0 aromatic heterocycles. The molecule has 0 saturated carbocycles. The number of hydrogen-bond donors (Lipinski definition) is 1. The second-order valence-electron chi connectivity index (χ2n) is 2.87. The Labute approximate surface area is 85.6 Å². The van der Waals surface area contributed by atoms with Crippen LogP contribution in [0.5, 0.6) is 0 Å². The van der Waals surface area contributed by atoms with Gasteiger partial charge in [0, 0.05) is 5.38 Å².